The molecule has 0 saturated carbocycles. The summed E-state index contributed by atoms with van der Waals surface area (Å²) in [4.78, 5) is 16.6. The molecule has 2 aromatic carbocycles. The molecule has 0 fully saturated rings. The standard InChI is InChI=1S/C20H12FN3O2/c1-26-20-15-8-7-13(19(25)14(10-22)11-23)9-16(15)24-18(17(20)21)12-5-3-2-4-6-12/h2-9,14H,1H3. The maximum absolute atomic E-state index is 14.8. The van der Waals surface area contributed by atoms with Crippen LogP contribution in [0.4, 0.5) is 4.39 Å². The Kier molecular flexibility index (Phi) is 4.59. The van der Waals surface area contributed by atoms with Crippen LogP contribution in [0.25, 0.3) is 22.2 Å². The molecule has 126 valence electrons. The van der Waals surface area contributed by atoms with Crippen LogP contribution in [-0.4, -0.2) is 17.9 Å². The van der Waals surface area contributed by atoms with E-state index in [-0.39, 0.29) is 17.0 Å². The number of methoxy groups -OCH3 is 1. The predicted octanol–water partition coefficient (Wildman–Crippen LogP) is 3.90. The number of Topliss-reactive ketones (excluding diaryl/α,β-unsaturated/α-hetero) is 1. The van der Waals surface area contributed by atoms with E-state index < -0.39 is 17.5 Å². The molecule has 6 heteroatoms. The first kappa shape index (κ1) is 17.1. The molecule has 0 aliphatic rings. The minimum absolute atomic E-state index is 0.0185. The number of hydrogen-bond donors (Lipinski definition) is 0. The van der Waals surface area contributed by atoms with Gasteiger partial charge in [-0.1, -0.05) is 36.4 Å². The molecule has 0 spiro atoms. The van der Waals surface area contributed by atoms with Gasteiger partial charge in [0.1, 0.15) is 5.69 Å². The minimum atomic E-state index is -1.40. The number of rotatable bonds is 4. The van der Waals surface area contributed by atoms with Gasteiger partial charge in [-0.3, -0.25) is 4.79 Å². The molecule has 3 rings (SSSR count). The van der Waals surface area contributed by atoms with Crippen LogP contribution in [0.5, 0.6) is 5.75 Å². The van der Waals surface area contributed by atoms with Crippen LogP contribution in [0.1, 0.15) is 10.4 Å². The Labute approximate surface area is 148 Å². The topological polar surface area (TPSA) is 86.8 Å². The maximum Gasteiger partial charge on any atom is 0.195 e. The van der Waals surface area contributed by atoms with Crippen LogP contribution < -0.4 is 4.74 Å². The molecule has 0 atom stereocenters. The van der Waals surface area contributed by atoms with E-state index in [9.17, 15) is 9.18 Å². The van der Waals surface area contributed by atoms with Gasteiger partial charge in [0, 0.05) is 16.5 Å². The fourth-order valence-electron chi connectivity index (χ4n) is 2.66. The Hall–Kier alpha value is -3.77. The van der Waals surface area contributed by atoms with Gasteiger partial charge < -0.3 is 4.74 Å². The fraction of sp³-hybridized carbons (Fsp3) is 0.100. The second-order valence-corrected chi connectivity index (χ2v) is 5.46. The number of ether oxygens (including phenoxy) is 1. The van der Waals surface area contributed by atoms with Gasteiger partial charge in [0.05, 0.1) is 24.8 Å². The van der Waals surface area contributed by atoms with Gasteiger partial charge in [0.2, 0.25) is 0 Å². The van der Waals surface area contributed by atoms with Crippen molar-refractivity contribution < 1.29 is 13.9 Å². The highest BCUT2D eigenvalue weighted by Crippen LogP contribution is 2.34. The second-order valence-electron chi connectivity index (χ2n) is 5.46. The van der Waals surface area contributed by atoms with E-state index in [1.807, 2.05) is 0 Å². The van der Waals surface area contributed by atoms with Crippen molar-refractivity contribution in [2.75, 3.05) is 7.11 Å². The molecule has 0 aliphatic heterocycles. The van der Waals surface area contributed by atoms with Gasteiger partial charge in [-0.15, -0.1) is 0 Å². The van der Waals surface area contributed by atoms with Crippen molar-refractivity contribution in [2.45, 2.75) is 0 Å². The predicted molar refractivity (Wildman–Crippen MR) is 92.7 cm³/mol. The van der Waals surface area contributed by atoms with E-state index in [1.165, 1.54) is 25.3 Å². The number of nitriles is 2. The molecule has 0 unspecified atom stereocenters. The zero-order chi connectivity index (χ0) is 18.7. The lowest BCUT2D eigenvalue weighted by atomic mass is 9.98. The summed E-state index contributed by atoms with van der Waals surface area (Å²) >= 11 is 0. The molecule has 0 amide bonds. The summed E-state index contributed by atoms with van der Waals surface area (Å²) in [5.74, 6) is -2.60. The average molecular weight is 345 g/mol. The third-order valence-corrected chi connectivity index (χ3v) is 3.94. The second kappa shape index (κ2) is 7.00. The summed E-state index contributed by atoms with van der Waals surface area (Å²) < 4.78 is 20.1. The van der Waals surface area contributed by atoms with Gasteiger partial charge in [0.15, 0.2) is 23.3 Å². The van der Waals surface area contributed by atoms with E-state index in [0.717, 1.165) is 0 Å². The largest absolute Gasteiger partial charge is 0.493 e. The third kappa shape index (κ3) is 2.85. The number of benzene rings is 2. The molecular weight excluding hydrogens is 333 g/mol. The fourth-order valence-corrected chi connectivity index (χ4v) is 2.66. The third-order valence-electron chi connectivity index (χ3n) is 3.94. The van der Waals surface area contributed by atoms with Gasteiger partial charge in [-0.05, 0) is 12.1 Å². The molecule has 0 radical (unpaired) electrons. The Bertz CT molecular complexity index is 1070. The number of carbonyl (C=O) groups is 1. The molecule has 0 bridgehead atoms. The smallest absolute Gasteiger partial charge is 0.195 e. The summed E-state index contributed by atoms with van der Waals surface area (Å²) in [5, 5.41) is 18.2. The lowest BCUT2D eigenvalue weighted by Crippen LogP contribution is -2.11. The molecule has 1 heterocycles. The van der Waals surface area contributed by atoms with Crippen LogP contribution in [0.15, 0.2) is 48.5 Å². The van der Waals surface area contributed by atoms with E-state index in [2.05, 4.69) is 4.98 Å². The Morgan fingerprint density at radius 2 is 1.85 bits per heavy atom. The van der Waals surface area contributed by atoms with Crippen molar-refractivity contribution in [3.63, 3.8) is 0 Å². The van der Waals surface area contributed by atoms with Crippen molar-refractivity contribution in [1.82, 2.24) is 4.98 Å². The number of pyridine rings is 1. The number of carbonyl (C=O) groups excluding carboxylic acids is 1. The minimum Gasteiger partial charge on any atom is -0.493 e. The van der Waals surface area contributed by atoms with Crippen LogP contribution in [0.3, 0.4) is 0 Å². The lowest BCUT2D eigenvalue weighted by molar-refractivity contribution is 0.0971. The molecule has 1 aromatic heterocycles. The molecule has 0 saturated heterocycles. The van der Waals surface area contributed by atoms with Gasteiger partial charge in [-0.2, -0.15) is 10.5 Å². The van der Waals surface area contributed by atoms with Gasteiger partial charge >= 0.3 is 0 Å². The summed E-state index contributed by atoms with van der Waals surface area (Å²) in [6.07, 6.45) is 0. The summed E-state index contributed by atoms with van der Waals surface area (Å²) in [7, 11) is 1.35. The Morgan fingerprint density at radius 1 is 1.15 bits per heavy atom. The Balaban J connectivity index is 2.24. The van der Waals surface area contributed by atoms with Crippen molar-refractivity contribution >= 4 is 16.7 Å². The highest BCUT2D eigenvalue weighted by molar-refractivity contribution is 6.04. The van der Waals surface area contributed by atoms with Gasteiger partial charge in [0.25, 0.3) is 0 Å². The molecule has 5 nitrogen and oxygen atoms in total. The van der Waals surface area contributed by atoms with Crippen LogP contribution in [0, 0.1) is 34.4 Å². The normalized spacial score (nSPS) is 10.3. The highest BCUT2D eigenvalue weighted by Gasteiger charge is 2.22. The molecule has 0 aliphatic carbocycles. The zero-order valence-electron chi connectivity index (χ0n) is 13.7. The summed E-state index contributed by atoms with van der Waals surface area (Å²) in [6.45, 7) is 0. The molecular formula is C20H12FN3O2. The number of aromatic nitrogens is 1. The number of ketones is 1. The maximum atomic E-state index is 14.8. The number of hydrogen-bond acceptors (Lipinski definition) is 5. The highest BCUT2D eigenvalue weighted by atomic mass is 19.1. The molecule has 0 N–H and O–H groups in total. The average Bonchev–Trinajstić information content (AvgIpc) is 2.68. The summed E-state index contributed by atoms with van der Waals surface area (Å²) in [5.41, 5.74) is 1.15. The lowest BCUT2D eigenvalue weighted by Gasteiger charge is -2.12. The first-order valence-corrected chi connectivity index (χ1v) is 7.66. The molecule has 3 aromatic rings. The number of halogens is 1. The number of fused-ring (bicyclic) bond motifs is 1. The first-order valence-electron chi connectivity index (χ1n) is 7.66. The zero-order valence-corrected chi connectivity index (χ0v) is 13.7. The number of nitrogens with zero attached hydrogens (tertiary/aromatic N) is 3. The van der Waals surface area contributed by atoms with Crippen molar-refractivity contribution in [3.8, 4) is 29.1 Å². The summed E-state index contributed by atoms with van der Waals surface area (Å²) in [6, 6.07) is 16.4. The monoisotopic (exact) mass is 345 g/mol. The van der Waals surface area contributed by atoms with Crippen LogP contribution in [-0.2, 0) is 0 Å². The van der Waals surface area contributed by atoms with Crippen molar-refractivity contribution in [3.05, 3.63) is 59.9 Å². The van der Waals surface area contributed by atoms with E-state index in [1.54, 1.807) is 42.5 Å². The van der Waals surface area contributed by atoms with Crippen molar-refractivity contribution in [2.24, 2.45) is 5.92 Å². The van der Waals surface area contributed by atoms with Crippen LogP contribution >= 0.6 is 0 Å². The van der Waals surface area contributed by atoms with Crippen molar-refractivity contribution in [1.29, 1.82) is 10.5 Å². The quantitative estimate of drug-likeness (QED) is 0.669. The first-order chi connectivity index (χ1) is 12.6. The van der Waals surface area contributed by atoms with E-state index in [4.69, 9.17) is 15.3 Å². The Morgan fingerprint density at radius 3 is 2.46 bits per heavy atom. The van der Waals surface area contributed by atoms with Crippen LogP contribution in [0.2, 0.25) is 0 Å². The molecule has 26 heavy (non-hydrogen) atoms. The van der Waals surface area contributed by atoms with E-state index in [0.29, 0.717) is 16.5 Å². The van der Waals surface area contributed by atoms with E-state index >= 15 is 0 Å². The SMILES string of the molecule is COc1c(F)c(-c2ccccc2)nc2cc(C(=O)C(C#N)C#N)ccc12. The van der Waals surface area contributed by atoms with Gasteiger partial charge in [-0.25, -0.2) is 9.37 Å².